The molecular weight excluding hydrogens is 270 g/mol. The van der Waals surface area contributed by atoms with Crippen LogP contribution in [0.1, 0.15) is 11.6 Å². The lowest BCUT2D eigenvalue weighted by Gasteiger charge is -2.05. The molecule has 0 saturated carbocycles. The van der Waals surface area contributed by atoms with Crippen LogP contribution >= 0.6 is 0 Å². The van der Waals surface area contributed by atoms with E-state index in [9.17, 15) is 8.42 Å². The largest absolute Gasteiger partial charge is 0.244 e. The Morgan fingerprint density at radius 2 is 1.50 bits per heavy atom. The van der Waals surface area contributed by atoms with Gasteiger partial charge in [0.25, 0.3) is 0 Å². The van der Waals surface area contributed by atoms with Crippen molar-refractivity contribution in [1.29, 1.82) is 0 Å². The second kappa shape index (κ2) is 4.78. The van der Waals surface area contributed by atoms with Crippen LogP contribution in [0.4, 0.5) is 0 Å². The highest BCUT2D eigenvalue weighted by Gasteiger charge is 2.55. The summed E-state index contributed by atoms with van der Waals surface area (Å²) in [5.74, 6) is 2.56. The quantitative estimate of drug-likeness (QED) is 0.641. The van der Waals surface area contributed by atoms with E-state index in [-0.39, 0.29) is 10.9 Å². The molecule has 1 aliphatic heterocycles. The average molecular weight is 283 g/mol. The van der Waals surface area contributed by atoms with Gasteiger partial charge in [-0.25, -0.2) is 8.42 Å². The molecule has 2 aromatic carbocycles. The van der Waals surface area contributed by atoms with Crippen LogP contribution < -0.4 is 0 Å². The van der Waals surface area contributed by atoms with Crippen molar-refractivity contribution in [2.24, 2.45) is 0 Å². The zero-order valence-electron chi connectivity index (χ0n) is 10.7. The third-order valence-corrected chi connectivity index (χ3v) is 5.27. The first-order chi connectivity index (χ1) is 9.66. The molecule has 0 aliphatic carbocycles. The Balaban J connectivity index is 1.98. The molecular formula is C16H13NO2S. The fourth-order valence-electron chi connectivity index (χ4n) is 2.37. The molecule has 3 rings (SSSR count). The van der Waals surface area contributed by atoms with Crippen LogP contribution in [0.3, 0.4) is 0 Å². The molecule has 100 valence electrons. The summed E-state index contributed by atoms with van der Waals surface area (Å²) >= 11 is 0. The van der Waals surface area contributed by atoms with E-state index in [4.69, 9.17) is 6.42 Å². The van der Waals surface area contributed by atoms with Crippen LogP contribution in [0.25, 0.3) is 0 Å². The lowest BCUT2D eigenvalue weighted by Crippen LogP contribution is -2.14. The van der Waals surface area contributed by atoms with Crippen molar-refractivity contribution < 1.29 is 8.42 Å². The van der Waals surface area contributed by atoms with E-state index >= 15 is 0 Å². The number of benzene rings is 2. The standard InChI is InChI=1S/C16H13NO2S/c1-2-15-16(13-9-5-3-6-10-13)17(15)20(18,19)14-11-7-4-8-12-14/h1,3-12,15-16H/t15-,16+,17?/m0/s1. The molecule has 0 amide bonds. The predicted molar refractivity (Wildman–Crippen MR) is 77.3 cm³/mol. The summed E-state index contributed by atoms with van der Waals surface area (Å²) in [5.41, 5.74) is 0.926. The number of hydrogen-bond acceptors (Lipinski definition) is 2. The minimum Gasteiger partial charge on any atom is -0.207 e. The monoisotopic (exact) mass is 283 g/mol. The molecule has 1 saturated heterocycles. The second-order valence-corrected chi connectivity index (χ2v) is 6.46. The highest BCUT2D eigenvalue weighted by molar-refractivity contribution is 7.89. The van der Waals surface area contributed by atoms with Gasteiger partial charge in [0.15, 0.2) is 0 Å². The van der Waals surface area contributed by atoms with E-state index in [1.165, 1.54) is 4.31 Å². The lowest BCUT2D eigenvalue weighted by atomic mass is 10.1. The molecule has 0 bridgehead atoms. The van der Waals surface area contributed by atoms with Gasteiger partial charge in [-0.05, 0) is 17.7 Å². The van der Waals surface area contributed by atoms with Gasteiger partial charge in [0.05, 0.1) is 10.9 Å². The number of nitrogens with zero attached hydrogens (tertiary/aromatic N) is 1. The zero-order valence-corrected chi connectivity index (χ0v) is 11.5. The number of rotatable bonds is 3. The Labute approximate surface area is 118 Å². The van der Waals surface area contributed by atoms with Crippen molar-refractivity contribution in [2.45, 2.75) is 17.0 Å². The van der Waals surface area contributed by atoms with E-state index < -0.39 is 16.1 Å². The van der Waals surface area contributed by atoms with E-state index in [1.807, 2.05) is 30.3 Å². The van der Waals surface area contributed by atoms with Gasteiger partial charge in [-0.3, -0.25) is 0 Å². The molecule has 1 aliphatic rings. The molecule has 0 aromatic heterocycles. The molecule has 3 nitrogen and oxygen atoms in total. The predicted octanol–water partition coefficient (Wildman–Crippen LogP) is 2.43. The first-order valence-electron chi connectivity index (χ1n) is 6.26. The first-order valence-corrected chi connectivity index (χ1v) is 7.70. The van der Waals surface area contributed by atoms with Crippen molar-refractivity contribution >= 4 is 10.0 Å². The Morgan fingerprint density at radius 1 is 0.950 bits per heavy atom. The van der Waals surface area contributed by atoms with Crippen LogP contribution in [-0.4, -0.2) is 18.8 Å². The number of hydrogen-bond donors (Lipinski definition) is 0. The van der Waals surface area contributed by atoms with E-state index in [1.54, 1.807) is 30.3 Å². The molecule has 1 unspecified atom stereocenters. The topological polar surface area (TPSA) is 37.1 Å². The van der Waals surface area contributed by atoms with Crippen molar-refractivity contribution in [3.05, 3.63) is 66.2 Å². The highest BCUT2D eigenvalue weighted by atomic mass is 32.2. The summed E-state index contributed by atoms with van der Waals surface area (Å²) in [7, 11) is -3.53. The first kappa shape index (κ1) is 12.9. The molecule has 0 radical (unpaired) electrons. The van der Waals surface area contributed by atoms with Crippen molar-refractivity contribution in [3.63, 3.8) is 0 Å². The molecule has 1 fully saturated rings. The lowest BCUT2D eigenvalue weighted by molar-refractivity contribution is 0.551. The van der Waals surface area contributed by atoms with Gasteiger partial charge in [0.1, 0.15) is 6.04 Å². The molecule has 1 heterocycles. The maximum absolute atomic E-state index is 12.6. The highest BCUT2D eigenvalue weighted by Crippen LogP contribution is 2.47. The van der Waals surface area contributed by atoms with Gasteiger partial charge >= 0.3 is 0 Å². The SMILES string of the molecule is C#C[C@H]1[C@@H](c2ccccc2)N1S(=O)(=O)c1ccccc1. The summed E-state index contributed by atoms with van der Waals surface area (Å²) in [5, 5.41) is 0. The Morgan fingerprint density at radius 3 is 2.05 bits per heavy atom. The summed E-state index contributed by atoms with van der Waals surface area (Å²) in [4.78, 5) is 0.277. The molecule has 3 atom stereocenters. The normalized spacial score (nSPS) is 24.9. The van der Waals surface area contributed by atoms with E-state index in [0.717, 1.165) is 5.56 Å². The van der Waals surface area contributed by atoms with E-state index in [0.29, 0.717) is 0 Å². The summed E-state index contributed by atoms with van der Waals surface area (Å²) in [6.45, 7) is 0. The van der Waals surface area contributed by atoms with Crippen LogP contribution in [0, 0.1) is 12.3 Å². The molecule has 20 heavy (non-hydrogen) atoms. The number of sulfonamides is 1. The van der Waals surface area contributed by atoms with Crippen LogP contribution in [0.15, 0.2) is 65.6 Å². The molecule has 0 spiro atoms. The van der Waals surface area contributed by atoms with Crippen molar-refractivity contribution in [3.8, 4) is 12.3 Å². The van der Waals surface area contributed by atoms with Gasteiger partial charge in [-0.15, -0.1) is 6.42 Å². The molecule has 0 N–H and O–H groups in total. The zero-order chi connectivity index (χ0) is 14.2. The fourth-order valence-corrected chi connectivity index (χ4v) is 4.07. The van der Waals surface area contributed by atoms with Gasteiger partial charge in [0, 0.05) is 0 Å². The minimum absolute atomic E-state index is 0.258. The average Bonchev–Trinajstić information content (AvgIpc) is 3.24. The van der Waals surface area contributed by atoms with Gasteiger partial charge < -0.3 is 0 Å². The molecule has 2 aromatic rings. The summed E-state index contributed by atoms with van der Waals surface area (Å²) < 4.78 is 26.5. The maximum atomic E-state index is 12.6. The smallest absolute Gasteiger partial charge is 0.207 e. The Kier molecular flexibility index (Phi) is 3.09. The summed E-state index contributed by atoms with van der Waals surface area (Å²) in [6, 6.07) is 17.2. The third kappa shape index (κ3) is 2.01. The second-order valence-electron chi connectivity index (χ2n) is 4.62. The fraction of sp³-hybridized carbons (Fsp3) is 0.125. The van der Waals surface area contributed by atoms with Crippen LogP contribution in [0.5, 0.6) is 0 Å². The van der Waals surface area contributed by atoms with Crippen LogP contribution in [0.2, 0.25) is 0 Å². The maximum Gasteiger partial charge on any atom is 0.244 e. The summed E-state index contributed by atoms with van der Waals surface area (Å²) in [6.07, 6.45) is 5.47. The van der Waals surface area contributed by atoms with Crippen molar-refractivity contribution in [2.75, 3.05) is 0 Å². The number of terminal acetylenes is 1. The van der Waals surface area contributed by atoms with E-state index in [2.05, 4.69) is 5.92 Å². The Hall–Kier alpha value is -2.09. The third-order valence-electron chi connectivity index (χ3n) is 3.39. The molecule has 4 heteroatoms. The minimum atomic E-state index is -3.53. The van der Waals surface area contributed by atoms with Gasteiger partial charge in [-0.1, -0.05) is 54.5 Å². The van der Waals surface area contributed by atoms with Gasteiger partial charge in [-0.2, -0.15) is 4.31 Å². The van der Waals surface area contributed by atoms with Gasteiger partial charge in [0.2, 0.25) is 10.0 Å². The van der Waals surface area contributed by atoms with Crippen molar-refractivity contribution in [1.82, 2.24) is 4.31 Å². The Bertz CT molecular complexity index is 748. The van der Waals surface area contributed by atoms with Crippen LogP contribution in [-0.2, 0) is 10.0 Å².